The molecule has 0 aliphatic heterocycles. The molecule has 1 aliphatic carbocycles. The van der Waals surface area contributed by atoms with Gasteiger partial charge in [0.15, 0.2) is 0 Å². The lowest BCUT2D eigenvalue weighted by atomic mass is 10.1. The molecular formula is C27H39N3O2S. The smallest absolute Gasteiger partial charge is 0.130 e. The Bertz CT molecular complexity index is 1100. The number of aryl methyl sites for hydroxylation is 2. The van der Waals surface area contributed by atoms with E-state index in [-0.39, 0.29) is 0 Å². The molecule has 2 aromatic rings. The van der Waals surface area contributed by atoms with Gasteiger partial charge in [-0.15, -0.1) is 0 Å². The Morgan fingerprint density at radius 1 is 1.18 bits per heavy atom. The van der Waals surface area contributed by atoms with Crippen LogP contribution in [0.25, 0.3) is 0 Å². The Morgan fingerprint density at radius 3 is 2.61 bits per heavy atom. The van der Waals surface area contributed by atoms with Crippen molar-refractivity contribution in [2.75, 3.05) is 25.9 Å². The Morgan fingerprint density at radius 2 is 1.94 bits per heavy atom. The van der Waals surface area contributed by atoms with Gasteiger partial charge in [0, 0.05) is 19.3 Å². The monoisotopic (exact) mass is 469 g/mol. The average molecular weight is 470 g/mol. The quantitative estimate of drug-likeness (QED) is 0.263. The first kappa shape index (κ1) is 25.3. The fourth-order valence-electron chi connectivity index (χ4n) is 3.31. The summed E-state index contributed by atoms with van der Waals surface area (Å²) < 4.78 is 24.9. The Labute approximate surface area is 200 Å². The topological polar surface area (TPSA) is 54.3 Å². The number of nitrogens with zero attached hydrogens (tertiary/aromatic N) is 3. The van der Waals surface area contributed by atoms with Crippen molar-refractivity contribution in [3.05, 3.63) is 47.5 Å². The molecule has 0 heterocycles. The number of benzene rings is 2. The second-order valence-corrected chi connectivity index (χ2v) is 12.0. The van der Waals surface area contributed by atoms with E-state index in [0.717, 1.165) is 40.4 Å². The Hall–Kier alpha value is -2.34. The van der Waals surface area contributed by atoms with Crippen LogP contribution in [0.1, 0.15) is 51.2 Å². The molecule has 1 unspecified atom stereocenters. The first-order valence-corrected chi connectivity index (χ1v) is 13.7. The average Bonchev–Trinajstić information content (AvgIpc) is 3.62. The molecule has 0 radical (unpaired) electrons. The van der Waals surface area contributed by atoms with Gasteiger partial charge < -0.3 is 9.64 Å². The molecule has 6 heteroatoms. The van der Waals surface area contributed by atoms with Gasteiger partial charge >= 0.3 is 0 Å². The number of rotatable bonds is 11. The zero-order chi connectivity index (χ0) is 24.0. The molecule has 0 amide bonds. The maximum Gasteiger partial charge on any atom is 0.130 e. The highest BCUT2D eigenvalue weighted by Gasteiger charge is 2.23. The molecule has 33 heavy (non-hydrogen) atoms. The van der Waals surface area contributed by atoms with E-state index in [2.05, 4.69) is 25.8 Å². The summed E-state index contributed by atoms with van der Waals surface area (Å²) in [5.41, 5.74) is 2.99. The van der Waals surface area contributed by atoms with Gasteiger partial charge in [0.05, 0.1) is 33.2 Å². The minimum absolute atomic E-state index is 0.491. The summed E-state index contributed by atoms with van der Waals surface area (Å²) in [6.45, 7) is 12.1. The zero-order valence-corrected chi connectivity index (χ0v) is 21.8. The summed E-state index contributed by atoms with van der Waals surface area (Å²) in [6.07, 6.45) is 5.16. The third kappa shape index (κ3) is 7.32. The highest BCUT2D eigenvalue weighted by atomic mass is 32.2. The maximum atomic E-state index is 13.9. The van der Waals surface area contributed by atoms with Crippen LogP contribution >= 0.6 is 0 Å². The van der Waals surface area contributed by atoms with Crippen molar-refractivity contribution in [3.8, 4) is 11.5 Å². The van der Waals surface area contributed by atoms with E-state index >= 15 is 0 Å². The lowest BCUT2D eigenvalue weighted by Gasteiger charge is -2.15. The normalized spacial score (nSPS) is 15.6. The highest BCUT2D eigenvalue weighted by Crippen LogP contribution is 2.34. The van der Waals surface area contributed by atoms with Gasteiger partial charge in [-0.05, 0) is 93.3 Å². The molecule has 180 valence electrons. The highest BCUT2D eigenvalue weighted by molar-refractivity contribution is 7.93. The van der Waals surface area contributed by atoms with Crippen LogP contribution in [-0.2, 0) is 9.73 Å². The van der Waals surface area contributed by atoms with Crippen LogP contribution in [0.15, 0.2) is 50.6 Å². The van der Waals surface area contributed by atoms with Gasteiger partial charge in [0.1, 0.15) is 11.5 Å². The van der Waals surface area contributed by atoms with Gasteiger partial charge in [-0.1, -0.05) is 19.9 Å². The molecule has 0 spiro atoms. The fraction of sp³-hybridized carbons (Fsp3) is 0.519. The van der Waals surface area contributed by atoms with Crippen LogP contribution in [0, 0.1) is 25.7 Å². The van der Waals surface area contributed by atoms with E-state index in [1.165, 1.54) is 12.8 Å². The SMILES string of the molecule is CCN(C)/C=N\c1cc(C)c(Oc2cccc(S(=O)(CCC(C)C)=NCC3CC3)c2)cc1C. The summed E-state index contributed by atoms with van der Waals surface area (Å²) in [7, 11) is -0.448. The van der Waals surface area contributed by atoms with E-state index in [1.807, 2.05) is 68.5 Å². The van der Waals surface area contributed by atoms with Crippen LogP contribution < -0.4 is 4.74 Å². The number of ether oxygens (including phenoxy) is 1. The second-order valence-electron chi connectivity index (χ2n) is 9.58. The van der Waals surface area contributed by atoms with E-state index in [1.54, 1.807) is 0 Å². The van der Waals surface area contributed by atoms with Crippen LogP contribution in [-0.4, -0.2) is 41.3 Å². The molecule has 1 saturated carbocycles. The van der Waals surface area contributed by atoms with Crippen molar-refractivity contribution >= 4 is 21.8 Å². The summed E-state index contributed by atoms with van der Waals surface area (Å²) >= 11 is 0. The molecule has 3 rings (SSSR count). The standard InChI is InChI=1S/C27H39N3O2S/c1-7-30(6)19-28-26-15-22(5)27(16-21(26)4)32-24-9-8-10-25(17-24)33(31,14-13-20(2)3)29-18-23-11-12-23/h8-10,15-17,19-20,23H,7,11-14,18H2,1-6H3/b28-19-. The summed E-state index contributed by atoms with van der Waals surface area (Å²) in [4.78, 5) is 7.42. The summed E-state index contributed by atoms with van der Waals surface area (Å²) in [6, 6.07) is 11.8. The lowest BCUT2D eigenvalue weighted by molar-refractivity contribution is 0.477. The fourth-order valence-corrected chi connectivity index (χ4v) is 5.66. The van der Waals surface area contributed by atoms with Crippen LogP contribution in [0.2, 0.25) is 0 Å². The molecule has 0 bridgehead atoms. The first-order valence-electron chi connectivity index (χ1n) is 12.0. The van der Waals surface area contributed by atoms with E-state index in [0.29, 0.717) is 29.9 Å². The maximum absolute atomic E-state index is 13.9. The number of aliphatic imine (C=N–C) groups is 1. The zero-order valence-electron chi connectivity index (χ0n) is 21.0. The molecule has 1 aliphatic rings. The molecule has 5 nitrogen and oxygen atoms in total. The molecular weight excluding hydrogens is 430 g/mol. The number of hydrogen-bond acceptors (Lipinski definition) is 4. The van der Waals surface area contributed by atoms with Crippen molar-refractivity contribution < 1.29 is 8.95 Å². The van der Waals surface area contributed by atoms with Crippen LogP contribution in [0.3, 0.4) is 0 Å². The minimum Gasteiger partial charge on any atom is -0.457 e. The molecule has 0 aromatic heterocycles. The van der Waals surface area contributed by atoms with E-state index in [9.17, 15) is 4.21 Å². The van der Waals surface area contributed by atoms with E-state index < -0.39 is 9.73 Å². The number of hydrogen-bond donors (Lipinski definition) is 0. The molecule has 1 fully saturated rings. The predicted molar refractivity (Wildman–Crippen MR) is 140 cm³/mol. The summed E-state index contributed by atoms with van der Waals surface area (Å²) in [5, 5.41) is 0. The van der Waals surface area contributed by atoms with Crippen molar-refractivity contribution in [3.63, 3.8) is 0 Å². The van der Waals surface area contributed by atoms with Crippen molar-refractivity contribution in [2.45, 2.75) is 58.8 Å². The Balaban J connectivity index is 1.85. The molecule has 0 saturated heterocycles. The van der Waals surface area contributed by atoms with Gasteiger partial charge in [0.2, 0.25) is 0 Å². The van der Waals surface area contributed by atoms with Gasteiger partial charge in [0.25, 0.3) is 0 Å². The van der Waals surface area contributed by atoms with Crippen LogP contribution in [0.5, 0.6) is 11.5 Å². The van der Waals surface area contributed by atoms with Gasteiger partial charge in [-0.3, -0.25) is 0 Å². The minimum atomic E-state index is -2.45. The largest absolute Gasteiger partial charge is 0.457 e. The molecule has 0 N–H and O–H groups in total. The van der Waals surface area contributed by atoms with Gasteiger partial charge in [-0.25, -0.2) is 13.6 Å². The Kier molecular flexibility index (Phi) is 8.57. The molecule has 2 aromatic carbocycles. The van der Waals surface area contributed by atoms with Crippen molar-refractivity contribution in [2.24, 2.45) is 21.2 Å². The third-order valence-electron chi connectivity index (χ3n) is 6.00. The second kappa shape index (κ2) is 11.2. The van der Waals surface area contributed by atoms with Crippen molar-refractivity contribution in [1.29, 1.82) is 0 Å². The van der Waals surface area contributed by atoms with E-state index in [4.69, 9.17) is 9.10 Å². The first-order chi connectivity index (χ1) is 15.7. The third-order valence-corrected chi connectivity index (χ3v) is 8.34. The predicted octanol–water partition coefficient (Wildman–Crippen LogP) is 6.99. The van der Waals surface area contributed by atoms with Gasteiger partial charge in [-0.2, -0.15) is 0 Å². The van der Waals surface area contributed by atoms with Crippen LogP contribution in [0.4, 0.5) is 5.69 Å². The molecule has 1 atom stereocenters. The van der Waals surface area contributed by atoms with Crippen molar-refractivity contribution in [1.82, 2.24) is 4.90 Å². The lowest BCUT2D eigenvalue weighted by Crippen LogP contribution is -2.14. The summed E-state index contributed by atoms with van der Waals surface area (Å²) in [5.74, 6) is 3.18.